The highest BCUT2D eigenvalue weighted by Crippen LogP contribution is 2.30. The number of amides is 2. The topological polar surface area (TPSA) is 145 Å². The van der Waals surface area contributed by atoms with Crippen LogP contribution in [0.25, 0.3) is 11.3 Å². The van der Waals surface area contributed by atoms with Crippen molar-refractivity contribution in [3.05, 3.63) is 80.5 Å². The molecule has 0 spiro atoms. The lowest BCUT2D eigenvalue weighted by Crippen LogP contribution is -2.33. The van der Waals surface area contributed by atoms with Crippen LogP contribution in [-0.2, 0) is 11.8 Å². The van der Waals surface area contributed by atoms with Crippen LogP contribution in [0.5, 0.6) is 0 Å². The molecule has 0 saturated carbocycles. The number of rotatable bonds is 10. The van der Waals surface area contributed by atoms with Crippen molar-refractivity contribution in [1.29, 1.82) is 0 Å². The fourth-order valence-corrected chi connectivity index (χ4v) is 5.43. The first-order chi connectivity index (χ1) is 19.0. The molecule has 0 unspecified atom stereocenters. The number of thiazole rings is 1. The zero-order chi connectivity index (χ0) is 29.0. The predicted octanol–water partition coefficient (Wildman–Crippen LogP) is 5.32. The van der Waals surface area contributed by atoms with Crippen molar-refractivity contribution in [1.82, 2.24) is 25.1 Å². The number of benzene rings is 2. The molecule has 2 amide bonds. The van der Waals surface area contributed by atoms with E-state index in [-0.39, 0.29) is 35.2 Å². The number of anilines is 1. The molecule has 11 nitrogen and oxygen atoms in total. The second kappa shape index (κ2) is 12.4. The minimum atomic E-state index is -0.426. The monoisotopic (exact) mass is 579 g/mol. The second-order valence-corrected chi connectivity index (χ2v) is 11.4. The Bertz CT molecular complexity index is 1560. The molecule has 208 valence electrons. The van der Waals surface area contributed by atoms with Crippen LogP contribution < -0.4 is 10.6 Å². The molecule has 0 bridgehead atoms. The molecule has 40 heavy (non-hydrogen) atoms. The lowest BCUT2D eigenvalue weighted by atomic mass is 10.0. The Hall–Kier alpha value is -4.10. The maximum Gasteiger partial charge on any atom is 0.272 e. The van der Waals surface area contributed by atoms with Crippen molar-refractivity contribution >= 4 is 45.7 Å². The van der Waals surface area contributed by atoms with E-state index < -0.39 is 4.92 Å². The van der Waals surface area contributed by atoms with Crippen molar-refractivity contribution in [3.63, 3.8) is 0 Å². The number of aromatic nitrogens is 4. The summed E-state index contributed by atoms with van der Waals surface area (Å²) in [6, 6.07) is 11.9. The largest absolute Gasteiger partial charge is 0.342 e. The van der Waals surface area contributed by atoms with Crippen LogP contribution in [0.4, 0.5) is 10.8 Å². The van der Waals surface area contributed by atoms with Crippen LogP contribution in [0, 0.1) is 29.9 Å². The predicted molar refractivity (Wildman–Crippen MR) is 156 cm³/mol. The van der Waals surface area contributed by atoms with E-state index in [1.165, 1.54) is 29.2 Å². The minimum Gasteiger partial charge on any atom is -0.342 e. The standard InChI is InChI=1S/C27H29N7O4S2/c1-15(2)23(30-25(36)19-8-6-7-16(3)11-19)24-31-32-27(33(24)5)40-14-22(35)29-26-28-20(13-39-26)18-10-9-17(4)21(12-18)34(37)38/h6-13,15,23H,14H2,1-5H3,(H,30,36)(H,28,29,35)/t23-/m1/s1. The molecule has 2 N–H and O–H groups in total. The number of hydrogen-bond acceptors (Lipinski definition) is 9. The van der Waals surface area contributed by atoms with Gasteiger partial charge in [-0.15, -0.1) is 21.5 Å². The molecule has 4 rings (SSSR count). The van der Waals surface area contributed by atoms with Gasteiger partial charge < -0.3 is 15.2 Å². The lowest BCUT2D eigenvalue weighted by molar-refractivity contribution is -0.385. The van der Waals surface area contributed by atoms with Gasteiger partial charge in [0.05, 0.1) is 22.4 Å². The Morgan fingerprint density at radius 3 is 2.62 bits per heavy atom. The highest BCUT2D eigenvalue weighted by Gasteiger charge is 2.25. The maximum atomic E-state index is 12.9. The average molecular weight is 580 g/mol. The van der Waals surface area contributed by atoms with E-state index in [4.69, 9.17) is 0 Å². The molecule has 0 aliphatic heterocycles. The summed E-state index contributed by atoms with van der Waals surface area (Å²) >= 11 is 2.45. The van der Waals surface area contributed by atoms with Crippen molar-refractivity contribution < 1.29 is 14.5 Å². The number of nitrogens with zero attached hydrogens (tertiary/aromatic N) is 5. The van der Waals surface area contributed by atoms with Gasteiger partial charge in [0.1, 0.15) is 0 Å². The van der Waals surface area contributed by atoms with Crippen LogP contribution in [0.3, 0.4) is 0 Å². The van der Waals surface area contributed by atoms with Gasteiger partial charge >= 0.3 is 0 Å². The summed E-state index contributed by atoms with van der Waals surface area (Å²) in [4.78, 5) is 40.8. The second-order valence-electron chi connectivity index (χ2n) is 9.60. The van der Waals surface area contributed by atoms with Crippen LogP contribution in [-0.4, -0.2) is 42.2 Å². The molecular formula is C27H29N7O4S2. The number of nitrogens with one attached hydrogen (secondary N) is 2. The third kappa shape index (κ3) is 6.72. The van der Waals surface area contributed by atoms with Gasteiger partial charge in [-0.05, 0) is 31.9 Å². The van der Waals surface area contributed by atoms with E-state index in [0.29, 0.717) is 38.5 Å². The third-order valence-electron chi connectivity index (χ3n) is 6.16. The van der Waals surface area contributed by atoms with Crippen molar-refractivity contribution in [2.45, 2.75) is 38.9 Å². The molecule has 13 heteroatoms. The molecule has 2 aromatic heterocycles. The summed E-state index contributed by atoms with van der Waals surface area (Å²) in [5.74, 6) is 0.238. The average Bonchev–Trinajstić information content (AvgIpc) is 3.52. The van der Waals surface area contributed by atoms with Gasteiger partial charge in [0.25, 0.3) is 11.6 Å². The van der Waals surface area contributed by atoms with Gasteiger partial charge in [-0.1, -0.05) is 55.4 Å². The van der Waals surface area contributed by atoms with E-state index >= 15 is 0 Å². The number of nitro groups is 1. The Morgan fingerprint density at radius 2 is 1.93 bits per heavy atom. The molecule has 0 aliphatic carbocycles. The summed E-state index contributed by atoms with van der Waals surface area (Å²) in [5.41, 5.74) is 3.30. The first-order valence-electron chi connectivity index (χ1n) is 12.4. The van der Waals surface area contributed by atoms with Crippen molar-refractivity contribution in [2.24, 2.45) is 13.0 Å². The van der Waals surface area contributed by atoms with E-state index in [1.807, 2.05) is 39.0 Å². The Morgan fingerprint density at radius 1 is 1.15 bits per heavy atom. The number of thioether (sulfide) groups is 1. The van der Waals surface area contributed by atoms with Gasteiger partial charge in [0.2, 0.25) is 5.91 Å². The van der Waals surface area contributed by atoms with E-state index in [9.17, 15) is 19.7 Å². The zero-order valence-electron chi connectivity index (χ0n) is 22.7. The van der Waals surface area contributed by atoms with Gasteiger partial charge in [0, 0.05) is 35.2 Å². The summed E-state index contributed by atoms with van der Waals surface area (Å²) < 4.78 is 1.78. The van der Waals surface area contributed by atoms with Gasteiger partial charge in [-0.3, -0.25) is 19.7 Å². The normalized spacial score (nSPS) is 11.8. The first-order valence-corrected chi connectivity index (χ1v) is 14.3. The third-order valence-corrected chi connectivity index (χ3v) is 7.94. The summed E-state index contributed by atoms with van der Waals surface area (Å²) in [6.45, 7) is 7.60. The fourth-order valence-electron chi connectivity index (χ4n) is 3.98. The summed E-state index contributed by atoms with van der Waals surface area (Å²) in [5, 5.41) is 28.3. The SMILES string of the molecule is Cc1cccc(C(=O)N[C@@H](c2nnc(SCC(=O)Nc3nc(-c4ccc(C)c([N+](=O)[O-])c4)cs3)n2C)C(C)C)c1. The molecule has 0 saturated heterocycles. The first kappa shape index (κ1) is 28.9. The Labute approximate surface area is 239 Å². The number of hydrogen-bond donors (Lipinski definition) is 2. The van der Waals surface area contributed by atoms with E-state index in [2.05, 4.69) is 25.8 Å². The Balaban J connectivity index is 1.38. The van der Waals surface area contributed by atoms with Crippen molar-refractivity contribution in [3.8, 4) is 11.3 Å². The molecule has 1 atom stereocenters. The molecular weight excluding hydrogens is 550 g/mol. The van der Waals surface area contributed by atoms with Gasteiger partial charge in [0.15, 0.2) is 16.1 Å². The molecule has 4 aromatic rings. The summed E-state index contributed by atoms with van der Waals surface area (Å²) in [6.07, 6.45) is 0. The quantitative estimate of drug-likeness (QED) is 0.146. The number of carbonyl (C=O) groups is 2. The van der Waals surface area contributed by atoms with Gasteiger partial charge in [-0.2, -0.15) is 0 Å². The highest BCUT2D eigenvalue weighted by molar-refractivity contribution is 7.99. The maximum absolute atomic E-state index is 12.9. The molecule has 0 fully saturated rings. The lowest BCUT2D eigenvalue weighted by Gasteiger charge is -2.21. The number of aryl methyl sites for hydroxylation is 2. The van der Waals surface area contributed by atoms with Crippen molar-refractivity contribution in [2.75, 3.05) is 11.1 Å². The van der Waals surface area contributed by atoms with Crippen LogP contribution in [0.2, 0.25) is 0 Å². The smallest absolute Gasteiger partial charge is 0.272 e. The molecule has 2 aromatic carbocycles. The summed E-state index contributed by atoms with van der Waals surface area (Å²) in [7, 11) is 1.80. The Kier molecular flexibility index (Phi) is 8.95. The molecule has 0 aliphatic rings. The number of nitro benzene ring substituents is 1. The molecule has 2 heterocycles. The van der Waals surface area contributed by atoms with E-state index in [0.717, 1.165) is 5.56 Å². The number of carbonyl (C=O) groups excluding carboxylic acids is 2. The van der Waals surface area contributed by atoms with E-state index in [1.54, 1.807) is 42.1 Å². The molecule has 0 radical (unpaired) electrons. The van der Waals surface area contributed by atoms with Crippen LogP contribution >= 0.6 is 23.1 Å². The van der Waals surface area contributed by atoms with Crippen LogP contribution in [0.15, 0.2) is 53.0 Å². The zero-order valence-corrected chi connectivity index (χ0v) is 24.3. The van der Waals surface area contributed by atoms with Crippen LogP contribution in [0.1, 0.15) is 47.2 Å². The fraction of sp³-hybridized carbons (Fsp3) is 0.296. The minimum absolute atomic E-state index is 0.0185. The highest BCUT2D eigenvalue weighted by atomic mass is 32.2. The van der Waals surface area contributed by atoms with Gasteiger partial charge in [-0.25, -0.2) is 4.98 Å².